The van der Waals surface area contributed by atoms with Gasteiger partial charge in [-0.15, -0.1) is 0 Å². The van der Waals surface area contributed by atoms with E-state index in [0.717, 1.165) is 5.70 Å². The van der Waals surface area contributed by atoms with E-state index in [9.17, 15) is 14.7 Å². The Kier molecular flexibility index (Phi) is 4.65. The van der Waals surface area contributed by atoms with Gasteiger partial charge >= 0.3 is 5.97 Å². The maximum atomic E-state index is 13.0. The molecule has 1 heterocycles. The quantitative estimate of drug-likeness (QED) is 0.811. The second-order valence-corrected chi connectivity index (χ2v) is 7.71. The molecule has 1 unspecified atom stereocenters. The topological polar surface area (TPSA) is 75.6 Å². The van der Waals surface area contributed by atoms with Gasteiger partial charge in [0.15, 0.2) is 5.78 Å². The van der Waals surface area contributed by atoms with Crippen molar-refractivity contribution in [2.75, 3.05) is 6.61 Å². The molecule has 0 fully saturated rings. The number of hydrogen-bond donors (Lipinski definition) is 2. The summed E-state index contributed by atoms with van der Waals surface area (Å²) >= 11 is 0. The van der Waals surface area contributed by atoms with E-state index in [1.807, 2.05) is 6.92 Å². The van der Waals surface area contributed by atoms with Crippen LogP contribution in [0.25, 0.3) is 0 Å². The van der Waals surface area contributed by atoms with Gasteiger partial charge in [-0.05, 0) is 31.7 Å². The van der Waals surface area contributed by atoms with Crippen LogP contribution < -0.4 is 5.32 Å². The van der Waals surface area contributed by atoms with Gasteiger partial charge in [-0.2, -0.15) is 0 Å². The molecule has 1 aromatic carbocycles. The molecule has 138 valence electrons. The van der Waals surface area contributed by atoms with E-state index in [0.29, 0.717) is 35.2 Å². The van der Waals surface area contributed by atoms with Gasteiger partial charge in [0.2, 0.25) is 0 Å². The fourth-order valence-corrected chi connectivity index (χ4v) is 3.96. The van der Waals surface area contributed by atoms with Gasteiger partial charge in [-0.3, -0.25) is 4.79 Å². The van der Waals surface area contributed by atoms with Crippen LogP contribution in [-0.2, 0) is 14.3 Å². The highest BCUT2D eigenvalue weighted by molar-refractivity contribution is 6.04. The van der Waals surface area contributed by atoms with Crippen LogP contribution in [0.1, 0.15) is 52.0 Å². The molecule has 2 aliphatic rings. The van der Waals surface area contributed by atoms with Crippen LogP contribution >= 0.6 is 0 Å². The number of rotatable bonds is 3. The van der Waals surface area contributed by atoms with Crippen molar-refractivity contribution < 1.29 is 19.4 Å². The minimum atomic E-state index is -0.616. The van der Waals surface area contributed by atoms with E-state index in [-0.39, 0.29) is 23.6 Å². The Bertz CT molecular complexity index is 832. The molecule has 0 radical (unpaired) electrons. The van der Waals surface area contributed by atoms with Crippen LogP contribution in [0.15, 0.2) is 46.8 Å². The lowest BCUT2D eigenvalue weighted by atomic mass is 9.68. The summed E-state index contributed by atoms with van der Waals surface area (Å²) < 4.78 is 5.25. The Morgan fingerprint density at radius 3 is 2.65 bits per heavy atom. The number of carbonyl (C=O) groups is 2. The number of ether oxygens (including phenoxy) is 1. The number of benzene rings is 1. The van der Waals surface area contributed by atoms with Crippen LogP contribution in [0.4, 0.5) is 0 Å². The summed E-state index contributed by atoms with van der Waals surface area (Å²) in [6.07, 6.45) is 1.12. The van der Waals surface area contributed by atoms with E-state index < -0.39 is 11.9 Å². The molecule has 0 saturated heterocycles. The predicted octanol–water partition coefficient (Wildman–Crippen LogP) is 3.56. The van der Waals surface area contributed by atoms with Crippen LogP contribution in [0.3, 0.4) is 0 Å². The van der Waals surface area contributed by atoms with Crippen LogP contribution in [0.5, 0.6) is 5.75 Å². The van der Waals surface area contributed by atoms with Gasteiger partial charge in [-0.25, -0.2) is 4.79 Å². The smallest absolute Gasteiger partial charge is 0.336 e. The van der Waals surface area contributed by atoms with E-state index in [2.05, 4.69) is 19.2 Å². The Morgan fingerprint density at radius 2 is 2.00 bits per heavy atom. The van der Waals surface area contributed by atoms with E-state index in [4.69, 9.17) is 4.74 Å². The number of esters is 1. The second kappa shape index (κ2) is 6.63. The SMILES string of the molecule is CCOC(=O)C1=C(C)NC2=C(C(=O)CC(C)(C)C2)C1c1ccccc1O. The number of aromatic hydroxyl groups is 1. The van der Waals surface area contributed by atoms with Gasteiger partial charge in [0.1, 0.15) is 5.75 Å². The minimum absolute atomic E-state index is 0.00583. The molecule has 0 spiro atoms. The average Bonchev–Trinajstić information content (AvgIpc) is 2.53. The first kappa shape index (κ1) is 18.2. The fourth-order valence-electron chi connectivity index (χ4n) is 3.96. The zero-order valence-corrected chi connectivity index (χ0v) is 15.7. The summed E-state index contributed by atoms with van der Waals surface area (Å²) in [6.45, 7) is 7.93. The summed E-state index contributed by atoms with van der Waals surface area (Å²) in [6, 6.07) is 6.86. The molecule has 1 aliphatic carbocycles. The third-order valence-corrected chi connectivity index (χ3v) is 4.98. The van der Waals surface area contributed by atoms with Gasteiger partial charge in [0.25, 0.3) is 0 Å². The minimum Gasteiger partial charge on any atom is -0.508 e. The Morgan fingerprint density at radius 1 is 1.31 bits per heavy atom. The van der Waals surface area contributed by atoms with Crippen LogP contribution in [0.2, 0.25) is 0 Å². The predicted molar refractivity (Wildman–Crippen MR) is 98.4 cm³/mol. The van der Waals surface area contributed by atoms with Crippen molar-refractivity contribution in [1.29, 1.82) is 0 Å². The highest BCUT2D eigenvalue weighted by Crippen LogP contribution is 2.48. The third kappa shape index (κ3) is 3.14. The van der Waals surface area contributed by atoms with Crippen molar-refractivity contribution >= 4 is 11.8 Å². The number of ketones is 1. The van der Waals surface area contributed by atoms with Crippen LogP contribution in [0, 0.1) is 5.41 Å². The van der Waals surface area contributed by atoms with Gasteiger partial charge in [0, 0.05) is 29.0 Å². The normalized spacial score (nSPS) is 22.0. The number of Topliss-reactive ketones (excluding diaryl/α,β-unsaturated/α-hetero) is 1. The lowest BCUT2D eigenvalue weighted by Gasteiger charge is -2.39. The van der Waals surface area contributed by atoms with E-state index in [1.54, 1.807) is 31.2 Å². The lowest BCUT2D eigenvalue weighted by Crippen LogP contribution is -2.38. The highest BCUT2D eigenvalue weighted by atomic mass is 16.5. The van der Waals surface area contributed by atoms with Gasteiger partial charge in [-0.1, -0.05) is 32.0 Å². The fraction of sp³-hybridized carbons (Fsp3) is 0.429. The molecule has 0 aromatic heterocycles. The number of phenolic OH excluding ortho intramolecular Hbond substituents is 1. The zero-order chi connectivity index (χ0) is 19.1. The molecular formula is C21H25NO4. The van der Waals surface area contributed by atoms with Gasteiger partial charge < -0.3 is 15.2 Å². The number of dihydropyridines is 1. The van der Waals surface area contributed by atoms with E-state index in [1.165, 1.54) is 0 Å². The first-order chi connectivity index (χ1) is 12.2. The Balaban J connectivity index is 2.21. The summed E-state index contributed by atoms with van der Waals surface area (Å²) in [5, 5.41) is 13.7. The molecule has 0 saturated carbocycles. The number of para-hydroxylation sites is 1. The van der Waals surface area contributed by atoms with Crippen molar-refractivity contribution in [1.82, 2.24) is 5.32 Å². The van der Waals surface area contributed by atoms with E-state index >= 15 is 0 Å². The molecule has 1 aromatic rings. The molecule has 26 heavy (non-hydrogen) atoms. The Hall–Kier alpha value is -2.56. The van der Waals surface area contributed by atoms with Crippen molar-refractivity contribution in [3.63, 3.8) is 0 Å². The van der Waals surface area contributed by atoms with Crippen LogP contribution in [-0.4, -0.2) is 23.5 Å². The molecule has 0 amide bonds. The van der Waals surface area contributed by atoms with Crippen molar-refractivity contribution in [2.24, 2.45) is 5.41 Å². The number of hydrogen-bond acceptors (Lipinski definition) is 5. The number of allylic oxidation sites excluding steroid dienone is 3. The molecule has 5 nitrogen and oxygen atoms in total. The van der Waals surface area contributed by atoms with Crippen molar-refractivity contribution in [3.05, 3.63) is 52.4 Å². The standard InChI is InChI=1S/C21H25NO4/c1-5-26-20(25)17-12(2)22-14-10-21(3,4)11-16(24)19(14)18(17)13-8-6-7-9-15(13)23/h6-9,18,22-23H,5,10-11H2,1-4H3. The number of carbonyl (C=O) groups excluding carboxylic acids is 2. The second-order valence-electron chi connectivity index (χ2n) is 7.71. The zero-order valence-electron chi connectivity index (χ0n) is 15.7. The third-order valence-electron chi connectivity index (χ3n) is 4.98. The van der Waals surface area contributed by atoms with Gasteiger partial charge in [0.05, 0.1) is 18.1 Å². The molecule has 0 bridgehead atoms. The Labute approximate surface area is 153 Å². The average molecular weight is 355 g/mol. The molecule has 1 aliphatic heterocycles. The molecular weight excluding hydrogens is 330 g/mol. The number of phenols is 1. The summed E-state index contributed by atoms with van der Waals surface area (Å²) in [7, 11) is 0. The molecule has 5 heteroatoms. The largest absolute Gasteiger partial charge is 0.508 e. The summed E-state index contributed by atoms with van der Waals surface area (Å²) in [4.78, 5) is 25.7. The lowest BCUT2D eigenvalue weighted by molar-refractivity contribution is -0.138. The molecule has 1 atom stereocenters. The molecule has 2 N–H and O–H groups in total. The summed E-state index contributed by atoms with van der Waals surface area (Å²) in [5.41, 5.74) is 2.87. The first-order valence-corrected chi connectivity index (χ1v) is 8.94. The first-order valence-electron chi connectivity index (χ1n) is 8.94. The van der Waals surface area contributed by atoms with Crippen molar-refractivity contribution in [3.8, 4) is 5.75 Å². The van der Waals surface area contributed by atoms with Crippen molar-refractivity contribution in [2.45, 2.75) is 46.5 Å². The maximum Gasteiger partial charge on any atom is 0.336 e. The number of nitrogens with one attached hydrogen (secondary N) is 1. The maximum absolute atomic E-state index is 13.0. The monoisotopic (exact) mass is 355 g/mol. The highest BCUT2D eigenvalue weighted by Gasteiger charge is 2.43. The molecule has 3 rings (SSSR count). The summed E-state index contributed by atoms with van der Waals surface area (Å²) in [5.74, 6) is -1.00.